The van der Waals surface area contributed by atoms with Gasteiger partial charge in [-0.2, -0.15) is 0 Å². The first-order valence-corrected chi connectivity index (χ1v) is 17.0. The van der Waals surface area contributed by atoms with E-state index in [-0.39, 0.29) is 62.6 Å². The van der Waals surface area contributed by atoms with Crippen molar-refractivity contribution in [3.8, 4) is 0 Å². The molecule has 6 N–H and O–H groups in total. The van der Waals surface area contributed by atoms with E-state index in [1.165, 1.54) is 21.1 Å². The van der Waals surface area contributed by atoms with Crippen LogP contribution in [0.25, 0.3) is 0 Å². The molecule has 0 bridgehead atoms. The highest BCUT2D eigenvalue weighted by Gasteiger charge is 2.29. The molecular formula is C33H58N6O12. The topological polar surface area (TPSA) is 246 Å². The fourth-order valence-corrected chi connectivity index (χ4v) is 4.50. The maximum absolute atomic E-state index is 13.0. The molecule has 0 rings (SSSR count). The molecule has 4 atom stereocenters. The number of amides is 5. The number of nitrogens with one attached hydrogen (secondary N) is 6. The average molecular weight is 731 g/mol. The number of rotatable bonds is 26. The van der Waals surface area contributed by atoms with Gasteiger partial charge in [-0.05, 0) is 51.0 Å². The number of ketones is 1. The number of hydroxylamine groups is 1. The Balaban J connectivity index is 5.25. The lowest BCUT2D eigenvalue weighted by Crippen LogP contribution is -2.54. The summed E-state index contributed by atoms with van der Waals surface area (Å²) in [6.45, 7) is 11.6. The zero-order valence-electron chi connectivity index (χ0n) is 31.3. The third kappa shape index (κ3) is 22.3. The van der Waals surface area contributed by atoms with E-state index in [0.29, 0.717) is 0 Å². The Morgan fingerprint density at radius 3 is 1.47 bits per heavy atom. The summed E-state index contributed by atoms with van der Waals surface area (Å²) in [6, 6.07) is -4.14. The van der Waals surface area contributed by atoms with Crippen molar-refractivity contribution >= 4 is 47.3 Å². The predicted molar refractivity (Wildman–Crippen MR) is 183 cm³/mol. The van der Waals surface area contributed by atoms with E-state index in [2.05, 4.69) is 32.1 Å². The van der Waals surface area contributed by atoms with Crippen molar-refractivity contribution in [3.63, 3.8) is 0 Å². The number of likely N-dealkylation sites (N-methyl/N-ethyl adjacent to an activating group) is 1. The van der Waals surface area contributed by atoms with Crippen molar-refractivity contribution in [2.75, 3.05) is 40.7 Å². The number of carbonyl (C=O) groups is 8. The van der Waals surface area contributed by atoms with Gasteiger partial charge in [0.1, 0.15) is 36.4 Å². The number of hydrogen-bond acceptors (Lipinski definition) is 13. The van der Waals surface area contributed by atoms with Gasteiger partial charge in [0.2, 0.25) is 30.4 Å². The Morgan fingerprint density at radius 1 is 0.588 bits per heavy atom. The fourth-order valence-electron chi connectivity index (χ4n) is 4.50. The van der Waals surface area contributed by atoms with Crippen LogP contribution >= 0.6 is 0 Å². The SMILES string of the molecule is CNC(CNC(=O)C(CC(C)C)NC(=O)CC(=O)NC(CC(C)C)C(=O)OCOC(=O)C(CC(C)C)NC(=O)CC(C)=O)C(=O)NOCCOC. The molecule has 51 heavy (non-hydrogen) atoms. The van der Waals surface area contributed by atoms with Crippen LogP contribution < -0.4 is 32.1 Å². The van der Waals surface area contributed by atoms with Gasteiger partial charge in [-0.1, -0.05) is 41.5 Å². The van der Waals surface area contributed by atoms with Crippen LogP contribution in [0.3, 0.4) is 0 Å². The molecule has 18 heteroatoms. The number of esters is 2. The quantitative estimate of drug-likeness (QED) is 0.0214. The van der Waals surface area contributed by atoms with E-state index in [4.69, 9.17) is 19.0 Å². The highest BCUT2D eigenvalue weighted by atomic mass is 16.7. The molecule has 0 aliphatic rings. The van der Waals surface area contributed by atoms with Crippen LogP contribution in [0.15, 0.2) is 0 Å². The normalized spacial score (nSPS) is 13.4. The summed E-state index contributed by atoms with van der Waals surface area (Å²) in [4.78, 5) is 105. The van der Waals surface area contributed by atoms with Crippen molar-refractivity contribution in [2.45, 2.75) is 105 Å². The summed E-state index contributed by atoms with van der Waals surface area (Å²) in [5.41, 5.74) is 2.26. The maximum atomic E-state index is 13.0. The van der Waals surface area contributed by atoms with Crippen molar-refractivity contribution in [2.24, 2.45) is 17.8 Å². The van der Waals surface area contributed by atoms with Gasteiger partial charge in [0.25, 0.3) is 5.91 Å². The van der Waals surface area contributed by atoms with Gasteiger partial charge in [0.15, 0.2) is 0 Å². The Hall–Kier alpha value is -4.16. The molecule has 0 aromatic rings. The summed E-state index contributed by atoms with van der Waals surface area (Å²) in [6.07, 6.45) is -0.540. The van der Waals surface area contributed by atoms with Gasteiger partial charge >= 0.3 is 11.9 Å². The van der Waals surface area contributed by atoms with Crippen LogP contribution in [0.1, 0.15) is 80.6 Å². The Bertz CT molecular complexity index is 1160. The third-order valence-corrected chi connectivity index (χ3v) is 6.85. The molecule has 0 saturated heterocycles. The summed E-state index contributed by atoms with van der Waals surface area (Å²) < 4.78 is 15.0. The summed E-state index contributed by atoms with van der Waals surface area (Å²) in [7, 11) is 3.01. The minimum absolute atomic E-state index is 0.0171. The number of ether oxygens (including phenoxy) is 3. The number of Topliss-reactive ketones (excluding diaryl/α,β-unsaturated/α-hetero) is 1. The maximum Gasteiger partial charge on any atom is 0.331 e. The Morgan fingerprint density at radius 2 is 1.04 bits per heavy atom. The highest BCUT2D eigenvalue weighted by molar-refractivity contribution is 6.00. The van der Waals surface area contributed by atoms with Gasteiger partial charge < -0.3 is 40.8 Å². The minimum Gasteiger partial charge on any atom is -0.426 e. The molecule has 0 aromatic heterocycles. The van der Waals surface area contributed by atoms with Crippen molar-refractivity contribution in [1.82, 2.24) is 32.1 Å². The van der Waals surface area contributed by atoms with Crippen molar-refractivity contribution < 1.29 is 57.4 Å². The smallest absolute Gasteiger partial charge is 0.331 e. The molecule has 0 aromatic carbocycles. The van der Waals surface area contributed by atoms with Crippen LogP contribution in [0, 0.1) is 17.8 Å². The van der Waals surface area contributed by atoms with Gasteiger partial charge in [0, 0.05) is 13.7 Å². The molecule has 0 saturated carbocycles. The predicted octanol–water partition coefficient (Wildman–Crippen LogP) is -0.609. The molecular weight excluding hydrogens is 672 g/mol. The van der Waals surface area contributed by atoms with Crippen LogP contribution in [-0.4, -0.2) is 112 Å². The van der Waals surface area contributed by atoms with E-state index in [1.54, 1.807) is 13.8 Å². The van der Waals surface area contributed by atoms with E-state index < -0.39 is 85.3 Å². The second-order valence-corrected chi connectivity index (χ2v) is 13.2. The molecule has 0 aliphatic heterocycles. The second kappa shape index (κ2) is 25.7. The number of methoxy groups -OCH3 is 1. The molecule has 18 nitrogen and oxygen atoms in total. The first-order valence-electron chi connectivity index (χ1n) is 17.0. The molecule has 0 aliphatic carbocycles. The zero-order chi connectivity index (χ0) is 39.1. The number of carbonyl (C=O) groups excluding carboxylic acids is 8. The first-order chi connectivity index (χ1) is 23.9. The summed E-state index contributed by atoms with van der Waals surface area (Å²) in [5.74, 6) is -5.65. The second-order valence-electron chi connectivity index (χ2n) is 13.2. The Kier molecular flexibility index (Phi) is 23.6. The van der Waals surface area contributed by atoms with Crippen molar-refractivity contribution in [1.29, 1.82) is 0 Å². The van der Waals surface area contributed by atoms with Gasteiger partial charge in [-0.15, -0.1) is 0 Å². The van der Waals surface area contributed by atoms with E-state index in [0.717, 1.165) is 0 Å². The average Bonchev–Trinajstić information content (AvgIpc) is 3.01. The molecule has 292 valence electrons. The highest BCUT2D eigenvalue weighted by Crippen LogP contribution is 2.10. The van der Waals surface area contributed by atoms with Gasteiger partial charge in [-0.25, -0.2) is 15.1 Å². The molecule has 4 unspecified atom stereocenters. The zero-order valence-corrected chi connectivity index (χ0v) is 31.3. The standard InChI is InChI=1S/C33H58N6O12/c1-19(2)12-23(30(44)35-17-26(34-8)31(45)39-51-11-10-48-9)36-28(42)16-29(43)38-25(14-21(5)6)33(47)50-18-49-32(46)24(13-20(3)4)37-27(41)15-22(7)40/h19-21,23-26,34H,10-18H2,1-9H3,(H,35,44)(H,36,42)(H,37,41)(H,38,43)(H,39,45). The van der Waals surface area contributed by atoms with E-state index in [1.807, 2.05) is 27.7 Å². The van der Waals surface area contributed by atoms with Crippen LogP contribution in [0.4, 0.5) is 0 Å². The third-order valence-electron chi connectivity index (χ3n) is 6.85. The molecule has 0 spiro atoms. The van der Waals surface area contributed by atoms with Gasteiger partial charge in [-0.3, -0.25) is 33.6 Å². The molecule has 0 radical (unpaired) electrons. The van der Waals surface area contributed by atoms with E-state index >= 15 is 0 Å². The first kappa shape index (κ1) is 46.8. The Labute approximate surface area is 299 Å². The van der Waals surface area contributed by atoms with Crippen molar-refractivity contribution in [3.05, 3.63) is 0 Å². The number of hydrogen-bond donors (Lipinski definition) is 6. The van der Waals surface area contributed by atoms with Crippen LogP contribution in [-0.2, 0) is 57.4 Å². The monoisotopic (exact) mass is 730 g/mol. The molecule has 0 heterocycles. The summed E-state index contributed by atoms with van der Waals surface area (Å²) in [5, 5.41) is 12.8. The minimum atomic E-state index is -1.19. The molecule has 5 amide bonds. The largest absolute Gasteiger partial charge is 0.426 e. The summed E-state index contributed by atoms with van der Waals surface area (Å²) >= 11 is 0. The fraction of sp³-hybridized carbons (Fsp3) is 0.758. The lowest BCUT2D eigenvalue weighted by atomic mass is 10.0. The lowest BCUT2D eigenvalue weighted by Gasteiger charge is -2.23. The van der Waals surface area contributed by atoms with Crippen LogP contribution in [0.2, 0.25) is 0 Å². The van der Waals surface area contributed by atoms with E-state index in [9.17, 15) is 38.4 Å². The van der Waals surface area contributed by atoms with Crippen LogP contribution in [0.5, 0.6) is 0 Å². The van der Waals surface area contributed by atoms with Gasteiger partial charge in [0.05, 0.1) is 19.6 Å². The lowest BCUT2D eigenvalue weighted by molar-refractivity contribution is -0.171. The molecule has 0 fully saturated rings.